The van der Waals surface area contributed by atoms with Crippen LogP contribution in [-0.4, -0.2) is 18.5 Å². The molecule has 1 aliphatic rings. The highest BCUT2D eigenvalue weighted by Crippen LogP contribution is 2.24. The summed E-state index contributed by atoms with van der Waals surface area (Å²) in [5.74, 6) is 0.905. The normalized spacial score (nSPS) is 25.8. The molecule has 2 unspecified atom stereocenters. The van der Waals surface area contributed by atoms with E-state index in [1.165, 1.54) is 19.3 Å². The molecule has 1 fully saturated rings. The van der Waals surface area contributed by atoms with E-state index in [0.29, 0.717) is 18.5 Å². The van der Waals surface area contributed by atoms with E-state index < -0.39 is 0 Å². The average Bonchev–Trinajstić information content (AvgIpc) is 2.31. The fourth-order valence-electron chi connectivity index (χ4n) is 2.64. The van der Waals surface area contributed by atoms with E-state index in [-0.39, 0.29) is 11.8 Å². The molecule has 1 rings (SSSR count). The van der Waals surface area contributed by atoms with Gasteiger partial charge in [0.1, 0.15) is 0 Å². The smallest absolute Gasteiger partial charge is 0.223 e. The molecule has 0 bridgehead atoms. The minimum atomic E-state index is 0.181. The van der Waals surface area contributed by atoms with Crippen LogP contribution in [0.4, 0.5) is 0 Å². The van der Waals surface area contributed by atoms with Gasteiger partial charge in [0.25, 0.3) is 0 Å². The summed E-state index contributed by atoms with van der Waals surface area (Å²) < 4.78 is 0. The van der Waals surface area contributed by atoms with Crippen molar-refractivity contribution < 1.29 is 4.79 Å². The van der Waals surface area contributed by atoms with Gasteiger partial charge in [-0.25, -0.2) is 0 Å². The lowest BCUT2D eigenvalue weighted by atomic mass is 9.84. The molecule has 1 aliphatic carbocycles. The molecule has 16 heavy (non-hydrogen) atoms. The van der Waals surface area contributed by atoms with Gasteiger partial charge in [-0.05, 0) is 38.1 Å². The summed E-state index contributed by atoms with van der Waals surface area (Å²) in [5.41, 5.74) is 5.76. The Morgan fingerprint density at radius 3 is 2.50 bits per heavy atom. The van der Waals surface area contributed by atoms with Gasteiger partial charge in [-0.3, -0.25) is 4.79 Å². The van der Waals surface area contributed by atoms with Crippen molar-refractivity contribution in [2.75, 3.05) is 6.54 Å². The summed E-state index contributed by atoms with van der Waals surface area (Å²) in [4.78, 5) is 12.0. The van der Waals surface area contributed by atoms with Gasteiger partial charge in [-0.1, -0.05) is 26.7 Å². The lowest BCUT2D eigenvalue weighted by Crippen LogP contribution is -2.46. The van der Waals surface area contributed by atoms with Crippen molar-refractivity contribution in [2.45, 2.75) is 58.4 Å². The van der Waals surface area contributed by atoms with Gasteiger partial charge in [0.05, 0.1) is 0 Å². The second-order valence-corrected chi connectivity index (χ2v) is 4.91. The number of nitrogens with one attached hydrogen (secondary N) is 1. The highest BCUT2D eigenvalue weighted by molar-refractivity contribution is 5.78. The van der Waals surface area contributed by atoms with E-state index in [1.807, 2.05) is 0 Å². The van der Waals surface area contributed by atoms with Crippen molar-refractivity contribution in [3.8, 4) is 0 Å². The Bertz CT molecular complexity index is 214. The number of nitrogens with two attached hydrogens (primary N) is 1. The molecular weight excluding hydrogens is 200 g/mol. The molecular formula is C13H26N2O. The molecule has 0 saturated heterocycles. The lowest BCUT2D eigenvalue weighted by molar-refractivity contribution is -0.126. The second-order valence-electron chi connectivity index (χ2n) is 4.91. The SMILES string of the molecule is CCC(CC)C(=O)NC1CCCCC1CN. The van der Waals surface area contributed by atoms with E-state index in [2.05, 4.69) is 19.2 Å². The van der Waals surface area contributed by atoms with Gasteiger partial charge in [0.15, 0.2) is 0 Å². The summed E-state index contributed by atoms with van der Waals surface area (Å²) in [6.07, 6.45) is 6.63. The molecule has 0 aromatic rings. The van der Waals surface area contributed by atoms with E-state index >= 15 is 0 Å². The van der Waals surface area contributed by atoms with E-state index in [1.54, 1.807) is 0 Å². The van der Waals surface area contributed by atoms with Gasteiger partial charge in [0.2, 0.25) is 5.91 Å². The predicted molar refractivity (Wildman–Crippen MR) is 67.0 cm³/mol. The van der Waals surface area contributed by atoms with Crippen molar-refractivity contribution in [3.05, 3.63) is 0 Å². The quantitative estimate of drug-likeness (QED) is 0.754. The van der Waals surface area contributed by atoms with Crippen LogP contribution in [0, 0.1) is 11.8 Å². The fraction of sp³-hybridized carbons (Fsp3) is 0.923. The first-order chi connectivity index (χ1) is 7.72. The minimum Gasteiger partial charge on any atom is -0.353 e. The van der Waals surface area contributed by atoms with Crippen LogP contribution >= 0.6 is 0 Å². The summed E-state index contributed by atoms with van der Waals surface area (Å²) in [6.45, 7) is 4.86. The zero-order valence-corrected chi connectivity index (χ0v) is 10.7. The van der Waals surface area contributed by atoms with Crippen molar-refractivity contribution in [3.63, 3.8) is 0 Å². The van der Waals surface area contributed by atoms with Crippen LogP contribution < -0.4 is 11.1 Å². The Hall–Kier alpha value is -0.570. The van der Waals surface area contributed by atoms with Gasteiger partial charge in [-0.15, -0.1) is 0 Å². The maximum absolute atomic E-state index is 12.0. The molecule has 2 atom stereocenters. The lowest BCUT2D eigenvalue weighted by Gasteiger charge is -2.32. The van der Waals surface area contributed by atoms with Gasteiger partial charge in [-0.2, -0.15) is 0 Å². The van der Waals surface area contributed by atoms with Crippen molar-refractivity contribution >= 4 is 5.91 Å². The molecule has 1 amide bonds. The summed E-state index contributed by atoms with van der Waals surface area (Å²) in [7, 11) is 0. The van der Waals surface area contributed by atoms with Gasteiger partial charge in [0, 0.05) is 12.0 Å². The van der Waals surface area contributed by atoms with Crippen LogP contribution in [0.1, 0.15) is 52.4 Å². The molecule has 0 radical (unpaired) electrons. The fourth-order valence-corrected chi connectivity index (χ4v) is 2.64. The molecule has 0 aliphatic heterocycles. The number of amides is 1. The Morgan fingerprint density at radius 2 is 1.94 bits per heavy atom. The molecule has 3 heteroatoms. The first-order valence-corrected chi connectivity index (χ1v) is 6.73. The monoisotopic (exact) mass is 226 g/mol. The molecule has 0 spiro atoms. The molecule has 0 aromatic carbocycles. The highest BCUT2D eigenvalue weighted by Gasteiger charge is 2.26. The second kappa shape index (κ2) is 6.89. The summed E-state index contributed by atoms with van der Waals surface area (Å²) in [6, 6.07) is 0.326. The van der Waals surface area contributed by atoms with Crippen LogP contribution in [0.15, 0.2) is 0 Å². The van der Waals surface area contributed by atoms with E-state index in [4.69, 9.17) is 5.73 Å². The minimum absolute atomic E-state index is 0.181. The molecule has 0 aromatic heterocycles. The summed E-state index contributed by atoms with van der Waals surface area (Å²) >= 11 is 0. The van der Waals surface area contributed by atoms with Crippen LogP contribution in [0.2, 0.25) is 0 Å². The maximum atomic E-state index is 12.0. The van der Waals surface area contributed by atoms with Gasteiger partial charge < -0.3 is 11.1 Å². The Balaban J connectivity index is 2.47. The van der Waals surface area contributed by atoms with Crippen LogP contribution in [0.3, 0.4) is 0 Å². The predicted octanol–water partition coefficient (Wildman–Crippen LogP) is 2.06. The number of rotatable bonds is 5. The largest absolute Gasteiger partial charge is 0.353 e. The van der Waals surface area contributed by atoms with Crippen LogP contribution in [0.5, 0.6) is 0 Å². The molecule has 3 N–H and O–H groups in total. The molecule has 0 heterocycles. The first-order valence-electron chi connectivity index (χ1n) is 6.73. The van der Waals surface area contributed by atoms with Crippen molar-refractivity contribution in [1.29, 1.82) is 0 Å². The maximum Gasteiger partial charge on any atom is 0.223 e. The number of hydrogen-bond acceptors (Lipinski definition) is 2. The highest BCUT2D eigenvalue weighted by atomic mass is 16.1. The average molecular weight is 226 g/mol. The van der Waals surface area contributed by atoms with Gasteiger partial charge >= 0.3 is 0 Å². The zero-order chi connectivity index (χ0) is 12.0. The van der Waals surface area contributed by atoms with E-state index in [9.17, 15) is 4.79 Å². The zero-order valence-electron chi connectivity index (χ0n) is 10.7. The van der Waals surface area contributed by atoms with Crippen molar-refractivity contribution in [1.82, 2.24) is 5.32 Å². The van der Waals surface area contributed by atoms with Crippen molar-refractivity contribution in [2.24, 2.45) is 17.6 Å². The molecule has 94 valence electrons. The summed E-state index contributed by atoms with van der Waals surface area (Å²) in [5, 5.41) is 3.20. The number of hydrogen-bond donors (Lipinski definition) is 2. The number of carbonyl (C=O) groups is 1. The first kappa shape index (κ1) is 13.5. The van der Waals surface area contributed by atoms with Crippen LogP contribution in [0.25, 0.3) is 0 Å². The topological polar surface area (TPSA) is 55.1 Å². The Labute approximate surface area is 99.2 Å². The van der Waals surface area contributed by atoms with Crippen LogP contribution in [-0.2, 0) is 4.79 Å². The third-order valence-corrected chi connectivity index (χ3v) is 3.90. The molecule has 3 nitrogen and oxygen atoms in total. The Morgan fingerprint density at radius 1 is 1.31 bits per heavy atom. The standard InChI is InChI=1S/C13H26N2O/c1-3-10(4-2)13(16)15-12-8-6-5-7-11(12)9-14/h10-12H,3-9,14H2,1-2H3,(H,15,16). The Kier molecular flexibility index (Phi) is 5.81. The number of carbonyl (C=O) groups excluding carboxylic acids is 1. The third-order valence-electron chi connectivity index (χ3n) is 3.90. The third kappa shape index (κ3) is 3.48. The molecule has 1 saturated carbocycles. The van der Waals surface area contributed by atoms with E-state index in [0.717, 1.165) is 19.3 Å².